The van der Waals surface area contributed by atoms with Crippen molar-refractivity contribution in [3.63, 3.8) is 0 Å². The molecule has 2 rings (SSSR count). The van der Waals surface area contributed by atoms with Crippen molar-refractivity contribution in [1.82, 2.24) is 10.2 Å². The van der Waals surface area contributed by atoms with Crippen LogP contribution in [0.15, 0.2) is 41.6 Å². The molecule has 1 aliphatic rings. The molecule has 1 aromatic rings. The van der Waals surface area contributed by atoms with E-state index in [2.05, 4.69) is 12.2 Å². The smallest absolute Gasteiger partial charge is 0.410 e. The Morgan fingerprint density at radius 3 is 2.50 bits per heavy atom. The monoisotopic (exact) mass is 388 g/mol. The van der Waals surface area contributed by atoms with Crippen LogP contribution in [0.4, 0.5) is 4.79 Å². The summed E-state index contributed by atoms with van der Waals surface area (Å²) in [5, 5.41) is 3.47. The Labute approximate surface area is 167 Å². The van der Waals surface area contributed by atoms with Gasteiger partial charge in [-0.05, 0) is 53.0 Å². The number of ether oxygens (including phenoxy) is 2. The number of hydrogen-bond acceptors (Lipinski definition) is 5. The van der Waals surface area contributed by atoms with E-state index in [-0.39, 0.29) is 25.2 Å². The maximum absolute atomic E-state index is 12.6. The first-order chi connectivity index (χ1) is 13.2. The Balaban J connectivity index is 2.25. The van der Waals surface area contributed by atoms with Gasteiger partial charge in [0.2, 0.25) is 0 Å². The summed E-state index contributed by atoms with van der Waals surface area (Å²) in [7, 11) is 0. The summed E-state index contributed by atoms with van der Waals surface area (Å²) in [6, 6.07) is 10.1. The van der Waals surface area contributed by atoms with Crippen LogP contribution in [0.2, 0.25) is 0 Å². The molecule has 1 unspecified atom stereocenters. The van der Waals surface area contributed by atoms with Gasteiger partial charge in [0.15, 0.2) is 0 Å². The first-order valence-corrected chi connectivity index (χ1v) is 9.89. The van der Waals surface area contributed by atoms with Crippen LogP contribution in [-0.2, 0) is 14.3 Å². The van der Waals surface area contributed by atoms with Crippen molar-refractivity contribution in [2.24, 2.45) is 0 Å². The van der Waals surface area contributed by atoms with Gasteiger partial charge in [-0.3, -0.25) is 0 Å². The number of amides is 1. The molecule has 1 heterocycles. The third kappa shape index (κ3) is 6.29. The normalized spacial score (nSPS) is 16.2. The summed E-state index contributed by atoms with van der Waals surface area (Å²) in [5.41, 5.74) is 1.88. The van der Waals surface area contributed by atoms with Crippen molar-refractivity contribution in [2.75, 3.05) is 19.7 Å². The molecular formula is C22H32N2O4. The average Bonchev–Trinajstić information content (AvgIpc) is 2.84. The van der Waals surface area contributed by atoms with E-state index >= 15 is 0 Å². The maximum Gasteiger partial charge on any atom is 0.410 e. The molecule has 6 nitrogen and oxygen atoms in total. The number of carbonyl (C=O) groups excluding carboxylic acids is 2. The summed E-state index contributed by atoms with van der Waals surface area (Å²) in [6.07, 6.45) is 1.00. The van der Waals surface area contributed by atoms with Crippen LogP contribution in [-0.4, -0.2) is 42.3 Å². The number of carbonyl (C=O) groups is 2. The van der Waals surface area contributed by atoms with Gasteiger partial charge in [0.25, 0.3) is 0 Å². The molecule has 1 aliphatic heterocycles. The third-order valence-electron chi connectivity index (χ3n) is 4.43. The zero-order valence-corrected chi connectivity index (χ0v) is 17.6. The predicted molar refractivity (Wildman–Crippen MR) is 109 cm³/mol. The summed E-state index contributed by atoms with van der Waals surface area (Å²) in [4.78, 5) is 26.8. The number of allylic oxidation sites excluding steroid dienone is 1. The van der Waals surface area contributed by atoms with Gasteiger partial charge in [-0.2, -0.15) is 0 Å². The molecule has 0 aromatic heterocycles. The van der Waals surface area contributed by atoms with E-state index < -0.39 is 11.7 Å². The molecule has 1 N–H and O–H groups in total. The Hall–Kier alpha value is -2.50. The molecule has 0 saturated heterocycles. The highest BCUT2D eigenvalue weighted by atomic mass is 16.6. The van der Waals surface area contributed by atoms with Gasteiger partial charge in [-0.25, -0.2) is 9.59 Å². The molecule has 0 fully saturated rings. The quantitative estimate of drug-likeness (QED) is 0.766. The molecule has 154 valence electrons. The highest BCUT2D eigenvalue weighted by Gasteiger charge is 2.29. The number of benzene rings is 1. The van der Waals surface area contributed by atoms with E-state index in [9.17, 15) is 9.59 Å². The Morgan fingerprint density at radius 1 is 1.21 bits per heavy atom. The van der Waals surface area contributed by atoms with Gasteiger partial charge < -0.3 is 19.7 Å². The van der Waals surface area contributed by atoms with Gasteiger partial charge >= 0.3 is 12.1 Å². The highest BCUT2D eigenvalue weighted by molar-refractivity contribution is 5.90. The van der Waals surface area contributed by atoms with Crippen molar-refractivity contribution in [3.05, 3.63) is 47.2 Å². The number of nitrogens with zero attached hydrogens (tertiary/aromatic N) is 1. The summed E-state index contributed by atoms with van der Waals surface area (Å²) < 4.78 is 10.8. The highest BCUT2D eigenvalue weighted by Crippen LogP contribution is 2.23. The molecule has 28 heavy (non-hydrogen) atoms. The largest absolute Gasteiger partial charge is 0.463 e. The van der Waals surface area contributed by atoms with E-state index in [0.29, 0.717) is 18.5 Å². The summed E-state index contributed by atoms with van der Waals surface area (Å²) in [6.45, 7) is 10.3. The minimum atomic E-state index is -0.583. The molecule has 0 radical (unpaired) electrons. The second kappa shape index (κ2) is 9.62. The van der Waals surface area contributed by atoms with Crippen molar-refractivity contribution in [3.8, 4) is 0 Å². The fourth-order valence-corrected chi connectivity index (χ4v) is 3.10. The first kappa shape index (κ1) is 21.8. The minimum Gasteiger partial charge on any atom is -0.463 e. The van der Waals surface area contributed by atoms with Gasteiger partial charge in [0.1, 0.15) is 5.60 Å². The van der Waals surface area contributed by atoms with Gasteiger partial charge in [-0.15, -0.1) is 0 Å². The van der Waals surface area contributed by atoms with Gasteiger partial charge in [0.05, 0.1) is 18.7 Å². The molecule has 1 aromatic carbocycles. The van der Waals surface area contributed by atoms with Crippen LogP contribution >= 0.6 is 0 Å². The fourth-order valence-electron chi connectivity index (χ4n) is 3.10. The number of esters is 1. The second-order valence-electron chi connectivity index (χ2n) is 7.96. The van der Waals surface area contributed by atoms with Crippen molar-refractivity contribution in [2.45, 2.75) is 59.1 Å². The number of nitrogens with one attached hydrogen (secondary N) is 1. The van der Waals surface area contributed by atoms with Crippen LogP contribution in [0.3, 0.4) is 0 Å². The van der Waals surface area contributed by atoms with Crippen LogP contribution in [0.25, 0.3) is 0 Å². The molecule has 1 atom stereocenters. The lowest BCUT2D eigenvalue weighted by atomic mass is 10.1. The SMILES string of the molecule is CCOC(=O)C1=C(NC(C)c2ccccc2)CCCN(C(=O)OC(C)(C)C)C1. The van der Waals surface area contributed by atoms with E-state index in [1.54, 1.807) is 11.8 Å². The van der Waals surface area contributed by atoms with Crippen LogP contribution in [0.1, 0.15) is 59.1 Å². The summed E-state index contributed by atoms with van der Waals surface area (Å²) >= 11 is 0. The Kier molecular flexibility index (Phi) is 7.49. The van der Waals surface area contributed by atoms with Crippen LogP contribution < -0.4 is 5.32 Å². The van der Waals surface area contributed by atoms with Crippen LogP contribution in [0, 0.1) is 0 Å². The van der Waals surface area contributed by atoms with Crippen molar-refractivity contribution in [1.29, 1.82) is 0 Å². The topological polar surface area (TPSA) is 67.9 Å². The molecule has 6 heteroatoms. The van der Waals surface area contributed by atoms with E-state index in [1.807, 2.05) is 51.1 Å². The zero-order chi connectivity index (χ0) is 20.7. The average molecular weight is 389 g/mol. The van der Waals surface area contributed by atoms with Crippen LogP contribution in [0.5, 0.6) is 0 Å². The lowest BCUT2D eigenvalue weighted by Gasteiger charge is -2.27. The van der Waals surface area contributed by atoms with Crippen molar-refractivity contribution < 1.29 is 19.1 Å². The minimum absolute atomic E-state index is 0.0358. The number of hydrogen-bond donors (Lipinski definition) is 1. The number of rotatable bonds is 5. The van der Waals surface area contributed by atoms with Gasteiger partial charge in [0, 0.05) is 18.3 Å². The predicted octanol–water partition coefficient (Wildman–Crippen LogP) is 4.19. The zero-order valence-electron chi connectivity index (χ0n) is 17.6. The third-order valence-corrected chi connectivity index (χ3v) is 4.43. The molecule has 0 bridgehead atoms. The molecule has 0 aliphatic carbocycles. The van der Waals surface area contributed by atoms with E-state index in [0.717, 1.165) is 17.7 Å². The van der Waals surface area contributed by atoms with Crippen molar-refractivity contribution >= 4 is 12.1 Å². The Bertz CT molecular complexity index is 707. The maximum atomic E-state index is 12.6. The first-order valence-electron chi connectivity index (χ1n) is 9.89. The molecular weight excluding hydrogens is 356 g/mol. The molecule has 0 saturated carbocycles. The fraction of sp³-hybridized carbons (Fsp3) is 0.545. The van der Waals surface area contributed by atoms with E-state index in [1.165, 1.54) is 0 Å². The Morgan fingerprint density at radius 2 is 1.89 bits per heavy atom. The lowest BCUT2D eigenvalue weighted by Crippen LogP contribution is -2.39. The lowest BCUT2D eigenvalue weighted by molar-refractivity contribution is -0.138. The summed E-state index contributed by atoms with van der Waals surface area (Å²) in [5.74, 6) is -0.388. The second-order valence-corrected chi connectivity index (χ2v) is 7.96. The molecule has 0 spiro atoms. The van der Waals surface area contributed by atoms with Gasteiger partial charge in [-0.1, -0.05) is 30.3 Å². The standard InChI is InChI=1S/C22H32N2O4/c1-6-27-20(25)18-15-24(21(26)28-22(3,4)5)14-10-13-19(18)23-16(2)17-11-8-7-9-12-17/h7-9,11-12,16,23H,6,10,13-15H2,1-5H3. The molecule has 1 amide bonds. The van der Waals surface area contributed by atoms with E-state index in [4.69, 9.17) is 9.47 Å².